The summed E-state index contributed by atoms with van der Waals surface area (Å²) in [5.41, 5.74) is 0. The van der Waals surface area contributed by atoms with Crippen LogP contribution >= 0.6 is 0 Å². The second-order valence-corrected chi connectivity index (χ2v) is 5.42. The molecule has 1 heterocycles. The third kappa shape index (κ3) is 2.59. The minimum absolute atomic E-state index is 0.201. The number of sulfone groups is 1. The second-order valence-electron chi connectivity index (χ2n) is 3.44. The number of amides is 1. The van der Waals surface area contributed by atoms with E-state index in [0.29, 0.717) is 6.61 Å². The Morgan fingerprint density at radius 3 is 2.56 bits per heavy atom. The van der Waals surface area contributed by atoms with Crippen molar-refractivity contribution in [3.63, 3.8) is 0 Å². The van der Waals surface area contributed by atoms with E-state index >= 15 is 0 Å². The molecule has 1 N–H and O–H groups in total. The van der Waals surface area contributed by atoms with Gasteiger partial charge in [-0.1, -0.05) is 18.2 Å². The Bertz CT molecular complexity index is 479. The maximum atomic E-state index is 11.7. The molecule has 16 heavy (non-hydrogen) atoms. The van der Waals surface area contributed by atoms with Gasteiger partial charge in [-0.25, -0.2) is 8.42 Å². The maximum absolute atomic E-state index is 11.7. The van der Waals surface area contributed by atoms with Crippen LogP contribution in [0, 0.1) is 0 Å². The molecule has 1 aromatic carbocycles. The highest BCUT2D eigenvalue weighted by molar-refractivity contribution is 7.91. The van der Waals surface area contributed by atoms with Crippen LogP contribution in [0.25, 0.3) is 0 Å². The Labute approximate surface area is 93.3 Å². The molecular weight excluding hydrogens is 230 g/mol. The zero-order valence-electron chi connectivity index (χ0n) is 8.42. The SMILES string of the molecule is O=C(NCS(=O)(=O)c1ccccc1)[C@H]1CO1. The zero-order chi connectivity index (χ0) is 11.6. The van der Waals surface area contributed by atoms with Gasteiger partial charge < -0.3 is 10.1 Å². The van der Waals surface area contributed by atoms with Gasteiger partial charge >= 0.3 is 0 Å². The Hall–Kier alpha value is -1.40. The number of hydrogen-bond acceptors (Lipinski definition) is 4. The van der Waals surface area contributed by atoms with Crippen molar-refractivity contribution in [2.45, 2.75) is 11.0 Å². The fourth-order valence-electron chi connectivity index (χ4n) is 1.19. The first-order valence-electron chi connectivity index (χ1n) is 4.77. The van der Waals surface area contributed by atoms with E-state index in [4.69, 9.17) is 4.74 Å². The molecule has 0 aromatic heterocycles. The predicted molar refractivity (Wildman–Crippen MR) is 56.4 cm³/mol. The predicted octanol–water partition coefficient (Wildman–Crippen LogP) is -0.0672. The highest BCUT2D eigenvalue weighted by Gasteiger charge is 2.31. The van der Waals surface area contributed by atoms with E-state index in [9.17, 15) is 13.2 Å². The number of hydrogen-bond donors (Lipinski definition) is 1. The molecule has 1 aliphatic rings. The van der Waals surface area contributed by atoms with Gasteiger partial charge in [-0.2, -0.15) is 0 Å². The Balaban J connectivity index is 2.00. The molecule has 6 heteroatoms. The lowest BCUT2D eigenvalue weighted by molar-refractivity contribution is -0.121. The van der Waals surface area contributed by atoms with Crippen LogP contribution in [0.3, 0.4) is 0 Å². The van der Waals surface area contributed by atoms with Crippen LogP contribution in [-0.4, -0.2) is 32.9 Å². The average molecular weight is 241 g/mol. The van der Waals surface area contributed by atoms with Gasteiger partial charge in [-0.05, 0) is 12.1 Å². The zero-order valence-corrected chi connectivity index (χ0v) is 9.24. The van der Waals surface area contributed by atoms with E-state index < -0.39 is 21.8 Å². The van der Waals surface area contributed by atoms with Crippen LogP contribution in [0.1, 0.15) is 0 Å². The van der Waals surface area contributed by atoms with Crippen LogP contribution < -0.4 is 5.32 Å². The highest BCUT2D eigenvalue weighted by Crippen LogP contribution is 2.11. The van der Waals surface area contributed by atoms with Crippen molar-refractivity contribution in [1.29, 1.82) is 0 Å². The van der Waals surface area contributed by atoms with Crippen molar-refractivity contribution < 1.29 is 17.9 Å². The Kier molecular flexibility index (Phi) is 2.93. The van der Waals surface area contributed by atoms with Crippen molar-refractivity contribution in [1.82, 2.24) is 5.32 Å². The van der Waals surface area contributed by atoms with E-state index in [-0.39, 0.29) is 10.8 Å². The molecule has 1 aliphatic heterocycles. The number of rotatable bonds is 4. The summed E-state index contributed by atoms with van der Waals surface area (Å²) < 4.78 is 28.2. The van der Waals surface area contributed by atoms with Crippen LogP contribution in [0.5, 0.6) is 0 Å². The normalized spacial score (nSPS) is 19.1. The second kappa shape index (κ2) is 4.23. The van der Waals surface area contributed by atoms with Crippen LogP contribution in [-0.2, 0) is 19.4 Å². The molecule has 1 fully saturated rings. The average Bonchev–Trinajstić information content (AvgIpc) is 3.11. The van der Waals surface area contributed by atoms with Crippen LogP contribution in [0.4, 0.5) is 0 Å². The summed E-state index contributed by atoms with van der Waals surface area (Å²) >= 11 is 0. The van der Waals surface area contributed by atoms with Crippen molar-refractivity contribution in [2.75, 3.05) is 12.5 Å². The third-order valence-corrected chi connectivity index (χ3v) is 3.68. The Morgan fingerprint density at radius 2 is 2.00 bits per heavy atom. The summed E-state index contributed by atoms with van der Waals surface area (Å²) in [6.07, 6.45) is -0.467. The van der Waals surface area contributed by atoms with Crippen molar-refractivity contribution in [3.8, 4) is 0 Å². The summed E-state index contributed by atoms with van der Waals surface area (Å²) in [4.78, 5) is 11.4. The largest absolute Gasteiger partial charge is 0.363 e. The molecular formula is C10H11NO4S. The summed E-state index contributed by atoms with van der Waals surface area (Å²) in [6, 6.07) is 8.00. The van der Waals surface area contributed by atoms with Gasteiger partial charge in [0.25, 0.3) is 5.91 Å². The molecule has 2 rings (SSSR count). The highest BCUT2D eigenvalue weighted by atomic mass is 32.2. The standard InChI is InChI=1S/C10H11NO4S/c12-10(9-6-15-9)11-7-16(13,14)8-4-2-1-3-5-8/h1-5,9H,6-7H2,(H,11,12)/t9-/m1/s1. The first-order valence-corrected chi connectivity index (χ1v) is 6.42. The molecule has 0 spiro atoms. The summed E-state index contributed by atoms with van der Waals surface area (Å²) in [5, 5.41) is 2.33. The number of nitrogens with one attached hydrogen (secondary N) is 1. The van der Waals surface area contributed by atoms with Crippen LogP contribution in [0.15, 0.2) is 35.2 Å². The molecule has 1 aromatic rings. The van der Waals surface area contributed by atoms with Gasteiger partial charge in [0.05, 0.1) is 11.5 Å². The fraction of sp³-hybridized carbons (Fsp3) is 0.300. The molecule has 0 radical (unpaired) electrons. The topological polar surface area (TPSA) is 75.8 Å². The molecule has 86 valence electrons. The van der Waals surface area contributed by atoms with Crippen molar-refractivity contribution >= 4 is 15.7 Å². The molecule has 1 atom stereocenters. The Morgan fingerprint density at radius 1 is 1.38 bits per heavy atom. The first kappa shape index (κ1) is 11.1. The summed E-state index contributed by atoms with van der Waals surface area (Å²) in [7, 11) is -3.45. The van der Waals surface area contributed by atoms with E-state index in [1.54, 1.807) is 18.2 Å². The van der Waals surface area contributed by atoms with Crippen LogP contribution in [0.2, 0.25) is 0 Å². The maximum Gasteiger partial charge on any atom is 0.252 e. The van der Waals surface area contributed by atoms with E-state index in [0.717, 1.165) is 0 Å². The van der Waals surface area contributed by atoms with Gasteiger partial charge in [-0.3, -0.25) is 4.79 Å². The van der Waals surface area contributed by atoms with Gasteiger partial charge in [0.15, 0.2) is 15.9 Å². The van der Waals surface area contributed by atoms with Crippen molar-refractivity contribution in [2.24, 2.45) is 0 Å². The molecule has 1 amide bonds. The lowest BCUT2D eigenvalue weighted by Gasteiger charge is -2.05. The summed E-state index contributed by atoms with van der Waals surface area (Å²) in [5.74, 6) is -0.769. The number of ether oxygens (including phenoxy) is 1. The number of epoxide rings is 1. The van der Waals surface area contributed by atoms with Gasteiger partial charge in [0.1, 0.15) is 5.88 Å². The van der Waals surface area contributed by atoms with Gasteiger partial charge in [0.2, 0.25) is 0 Å². The molecule has 0 saturated carbocycles. The number of carbonyl (C=O) groups is 1. The smallest absolute Gasteiger partial charge is 0.252 e. The minimum atomic E-state index is -3.45. The fourth-order valence-corrected chi connectivity index (χ4v) is 2.26. The minimum Gasteiger partial charge on any atom is -0.363 e. The lowest BCUT2D eigenvalue weighted by atomic mass is 10.4. The van der Waals surface area contributed by atoms with Crippen molar-refractivity contribution in [3.05, 3.63) is 30.3 Å². The quantitative estimate of drug-likeness (QED) is 0.749. The van der Waals surface area contributed by atoms with Gasteiger partial charge in [0, 0.05) is 0 Å². The van der Waals surface area contributed by atoms with E-state index in [1.807, 2.05) is 0 Å². The lowest BCUT2D eigenvalue weighted by Crippen LogP contribution is -2.32. The molecule has 0 bridgehead atoms. The first-order chi connectivity index (χ1) is 7.59. The molecule has 5 nitrogen and oxygen atoms in total. The third-order valence-electron chi connectivity index (χ3n) is 2.16. The monoisotopic (exact) mass is 241 g/mol. The van der Waals surface area contributed by atoms with Gasteiger partial charge in [-0.15, -0.1) is 0 Å². The number of carbonyl (C=O) groups excluding carboxylic acids is 1. The molecule has 0 aliphatic carbocycles. The summed E-state index contributed by atoms with van der Waals surface area (Å²) in [6.45, 7) is 0.372. The molecule has 0 unspecified atom stereocenters. The molecule has 1 saturated heterocycles. The van der Waals surface area contributed by atoms with E-state index in [2.05, 4.69) is 5.32 Å². The number of benzene rings is 1. The van der Waals surface area contributed by atoms with E-state index in [1.165, 1.54) is 12.1 Å².